The molecule has 3 N–H and O–H groups in total. The number of nitrogens with one attached hydrogen (secondary N) is 3. The summed E-state index contributed by atoms with van der Waals surface area (Å²) in [5.74, 6) is 0.433. The lowest BCUT2D eigenvalue weighted by atomic mass is 10.2. The van der Waals surface area contributed by atoms with E-state index >= 15 is 0 Å². The van der Waals surface area contributed by atoms with Crippen molar-refractivity contribution in [1.82, 2.24) is 15.4 Å². The molecule has 0 aromatic heterocycles. The number of benzene rings is 1. The summed E-state index contributed by atoms with van der Waals surface area (Å²) in [5, 5.41) is 5.67. The minimum absolute atomic E-state index is 0.117. The third-order valence-corrected chi connectivity index (χ3v) is 4.77. The predicted molar refractivity (Wildman–Crippen MR) is 85.7 cm³/mol. The zero-order valence-corrected chi connectivity index (χ0v) is 13.4. The molecule has 0 aliphatic heterocycles. The van der Waals surface area contributed by atoms with E-state index in [4.69, 9.17) is 0 Å². The van der Waals surface area contributed by atoms with Gasteiger partial charge in [-0.15, -0.1) is 0 Å². The molecule has 0 radical (unpaired) electrons. The van der Waals surface area contributed by atoms with E-state index in [2.05, 4.69) is 15.4 Å². The Hall–Kier alpha value is -1.44. The van der Waals surface area contributed by atoms with Gasteiger partial charge in [0.05, 0.1) is 12.3 Å². The molecule has 1 amide bonds. The number of hydrogen-bond donors (Lipinski definition) is 3. The standard InChI is InChI=1S/C15H23N3O3S/c19-15(12-16-10-14-6-7-14)17-8-9-22(20,21)18-11-13-4-2-1-3-5-13/h1-5,14,16,18H,6-12H2,(H,17,19). The van der Waals surface area contributed by atoms with Crippen molar-refractivity contribution in [2.45, 2.75) is 19.4 Å². The van der Waals surface area contributed by atoms with Crippen molar-refractivity contribution in [3.63, 3.8) is 0 Å². The molecule has 1 aliphatic carbocycles. The molecule has 0 unspecified atom stereocenters. The third-order valence-electron chi connectivity index (χ3n) is 3.45. The molecule has 22 heavy (non-hydrogen) atoms. The molecular formula is C15H23N3O3S. The Morgan fingerprint density at radius 3 is 2.59 bits per heavy atom. The van der Waals surface area contributed by atoms with E-state index in [1.165, 1.54) is 12.8 Å². The van der Waals surface area contributed by atoms with Gasteiger partial charge in [0.15, 0.2) is 0 Å². The first-order valence-corrected chi connectivity index (χ1v) is 9.19. The summed E-state index contributed by atoms with van der Waals surface area (Å²) in [7, 11) is -3.38. The molecule has 1 aliphatic rings. The van der Waals surface area contributed by atoms with Crippen LogP contribution in [0.15, 0.2) is 30.3 Å². The fourth-order valence-electron chi connectivity index (χ4n) is 1.96. The van der Waals surface area contributed by atoms with E-state index in [9.17, 15) is 13.2 Å². The number of amides is 1. The largest absolute Gasteiger partial charge is 0.354 e. The lowest BCUT2D eigenvalue weighted by molar-refractivity contribution is -0.120. The summed E-state index contributed by atoms with van der Waals surface area (Å²) >= 11 is 0. The van der Waals surface area contributed by atoms with Gasteiger partial charge in [-0.05, 0) is 30.9 Å². The van der Waals surface area contributed by atoms with Crippen molar-refractivity contribution in [2.24, 2.45) is 5.92 Å². The highest BCUT2D eigenvalue weighted by molar-refractivity contribution is 7.89. The Morgan fingerprint density at radius 1 is 1.18 bits per heavy atom. The van der Waals surface area contributed by atoms with Crippen LogP contribution < -0.4 is 15.4 Å². The average Bonchev–Trinajstić information content (AvgIpc) is 3.30. The van der Waals surface area contributed by atoms with Crippen LogP contribution in [0, 0.1) is 5.92 Å². The van der Waals surface area contributed by atoms with Crippen molar-refractivity contribution in [2.75, 3.05) is 25.4 Å². The number of hydrogen-bond acceptors (Lipinski definition) is 4. The zero-order valence-electron chi connectivity index (χ0n) is 12.5. The van der Waals surface area contributed by atoms with Crippen LogP contribution >= 0.6 is 0 Å². The van der Waals surface area contributed by atoms with E-state index in [1.807, 2.05) is 30.3 Å². The first-order valence-electron chi connectivity index (χ1n) is 7.54. The number of sulfonamides is 1. The molecule has 1 aromatic carbocycles. The van der Waals surface area contributed by atoms with E-state index in [1.54, 1.807) is 0 Å². The van der Waals surface area contributed by atoms with Crippen LogP contribution in [0.3, 0.4) is 0 Å². The van der Waals surface area contributed by atoms with Gasteiger partial charge >= 0.3 is 0 Å². The number of carbonyl (C=O) groups excluding carboxylic acids is 1. The fraction of sp³-hybridized carbons (Fsp3) is 0.533. The number of carbonyl (C=O) groups is 1. The van der Waals surface area contributed by atoms with Gasteiger partial charge in [-0.25, -0.2) is 13.1 Å². The molecule has 0 bridgehead atoms. The second-order valence-electron chi connectivity index (χ2n) is 5.55. The molecule has 1 fully saturated rings. The fourth-order valence-corrected chi connectivity index (χ4v) is 2.86. The molecule has 0 spiro atoms. The van der Waals surface area contributed by atoms with Gasteiger partial charge in [0.2, 0.25) is 15.9 Å². The third kappa shape index (κ3) is 7.02. The Balaban J connectivity index is 1.58. The van der Waals surface area contributed by atoms with E-state index in [-0.39, 0.29) is 31.3 Å². The second-order valence-corrected chi connectivity index (χ2v) is 7.48. The summed E-state index contributed by atoms with van der Waals surface area (Å²) in [5.41, 5.74) is 0.902. The highest BCUT2D eigenvalue weighted by atomic mass is 32.2. The topological polar surface area (TPSA) is 87.3 Å². The molecule has 0 heterocycles. The maximum Gasteiger partial charge on any atom is 0.233 e. The molecule has 1 saturated carbocycles. The highest BCUT2D eigenvalue weighted by Gasteiger charge is 2.20. The normalized spacial score (nSPS) is 14.7. The molecular weight excluding hydrogens is 302 g/mol. The Kier molecular flexibility index (Phi) is 6.35. The van der Waals surface area contributed by atoms with Crippen LogP contribution in [0.5, 0.6) is 0 Å². The van der Waals surface area contributed by atoms with Gasteiger partial charge in [0, 0.05) is 13.1 Å². The quantitative estimate of drug-likeness (QED) is 0.574. The van der Waals surface area contributed by atoms with Crippen molar-refractivity contribution >= 4 is 15.9 Å². The van der Waals surface area contributed by atoms with Crippen molar-refractivity contribution in [1.29, 1.82) is 0 Å². The van der Waals surface area contributed by atoms with Gasteiger partial charge in [0.25, 0.3) is 0 Å². The Labute approximate surface area is 131 Å². The van der Waals surface area contributed by atoms with Crippen LogP contribution in [0.1, 0.15) is 18.4 Å². The maximum absolute atomic E-state index is 11.8. The lowest BCUT2D eigenvalue weighted by Gasteiger charge is -2.08. The summed E-state index contributed by atoms with van der Waals surface area (Å²) in [6.45, 7) is 1.49. The first kappa shape index (κ1) is 16.9. The van der Waals surface area contributed by atoms with Crippen LogP contribution in [-0.4, -0.2) is 39.7 Å². The monoisotopic (exact) mass is 325 g/mol. The summed E-state index contributed by atoms with van der Waals surface area (Å²) in [6.07, 6.45) is 2.47. The zero-order chi connectivity index (χ0) is 15.8. The van der Waals surface area contributed by atoms with Gasteiger partial charge in [-0.1, -0.05) is 30.3 Å². The second kappa shape index (κ2) is 8.26. The Morgan fingerprint density at radius 2 is 1.91 bits per heavy atom. The highest BCUT2D eigenvalue weighted by Crippen LogP contribution is 2.27. The predicted octanol–water partition coefficient (Wildman–Crippen LogP) is 0.222. The van der Waals surface area contributed by atoms with E-state index < -0.39 is 10.0 Å². The van der Waals surface area contributed by atoms with Gasteiger partial charge in [-0.3, -0.25) is 4.79 Å². The minimum atomic E-state index is -3.38. The summed E-state index contributed by atoms with van der Waals surface area (Å²) in [6, 6.07) is 9.31. The molecule has 122 valence electrons. The molecule has 7 heteroatoms. The Bertz CT molecular complexity index is 571. The van der Waals surface area contributed by atoms with Crippen LogP contribution in [0.4, 0.5) is 0 Å². The molecule has 0 saturated heterocycles. The average molecular weight is 325 g/mol. The first-order chi connectivity index (χ1) is 10.6. The maximum atomic E-state index is 11.8. The molecule has 1 aromatic rings. The minimum Gasteiger partial charge on any atom is -0.354 e. The van der Waals surface area contributed by atoms with Gasteiger partial charge in [-0.2, -0.15) is 0 Å². The van der Waals surface area contributed by atoms with E-state index in [0.717, 1.165) is 18.0 Å². The van der Waals surface area contributed by atoms with Crippen LogP contribution in [0.25, 0.3) is 0 Å². The van der Waals surface area contributed by atoms with E-state index in [0.29, 0.717) is 0 Å². The van der Waals surface area contributed by atoms with Gasteiger partial charge < -0.3 is 10.6 Å². The SMILES string of the molecule is O=C(CNCC1CC1)NCCS(=O)(=O)NCc1ccccc1. The number of rotatable bonds is 10. The smallest absolute Gasteiger partial charge is 0.233 e. The summed E-state index contributed by atoms with van der Waals surface area (Å²) in [4.78, 5) is 11.5. The molecule has 2 rings (SSSR count). The van der Waals surface area contributed by atoms with Gasteiger partial charge in [0.1, 0.15) is 0 Å². The van der Waals surface area contributed by atoms with Crippen LogP contribution in [-0.2, 0) is 21.4 Å². The van der Waals surface area contributed by atoms with Crippen molar-refractivity contribution in [3.05, 3.63) is 35.9 Å². The van der Waals surface area contributed by atoms with Crippen molar-refractivity contribution < 1.29 is 13.2 Å². The summed E-state index contributed by atoms with van der Waals surface area (Å²) < 4.78 is 26.2. The molecule has 6 nitrogen and oxygen atoms in total. The molecule has 0 atom stereocenters. The van der Waals surface area contributed by atoms with Crippen molar-refractivity contribution in [3.8, 4) is 0 Å². The lowest BCUT2D eigenvalue weighted by Crippen LogP contribution is -2.38. The van der Waals surface area contributed by atoms with Crippen LogP contribution in [0.2, 0.25) is 0 Å².